The number of nitrogens with one attached hydrogen (secondary N) is 1. The van der Waals surface area contributed by atoms with Gasteiger partial charge in [-0.25, -0.2) is 9.78 Å². The smallest absolute Gasteiger partial charge is 0.355 e. The zero-order valence-electron chi connectivity index (χ0n) is 10.1. The predicted octanol–water partition coefficient (Wildman–Crippen LogP) is 2.47. The molecule has 0 unspecified atom stereocenters. The molecule has 0 aromatic carbocycles. The van der Waals surface area contributed by atoms with Crippen molar-refractivity contribution in [1.82, 2.24) is 9.97 Å². The van der Waals surface area contributed by atoms with Gasteiger partial charge in [-0.15, -0.1) is 11.3 Å². The molecule has 0 fully saturated rings. The summed E-state index contributed by atoms with van der Waals surface area (Å²) in [7, 11) is 0. The number of carbonyl (C=O) groups is 1. The number of nitrogens with zero attached hydrogens (tertiary/aromatic N) is 2. The Bertz CT molecular complexity index is 563. The molecule has 0 aliphatic rings. The predicted molar refractivity (Wildman–Crippen MR) is 70.1 cm³/mol. The van der Waals surface area contributed by atoms with Gasteiger partial charge < -0.3 is 10.4 Å². The fraction of sp³-hybridized carbons (Fsp3) is 0.250. The van der Waals surface area contributed by atoms with E-state index in [1.54, 1.807) is 13.1 Å². The van der Waals surface area contributed by atoms with E-state index in [2.05, 4.69) is 15.3 Å². The summed E-state index contributed by atoms with van der Waals surface area (Å²) >= 11 is 1.34. The Morgan fingerprint density at radius 3 is 2.78 bits per heavy atom. The molecule has 2 aromatic rings. The van der Waals surface area contributed by atoms with E-state index >= 15 is 0 Å². The van der Waals surface area contributed by atoms with Crippen molar-refractivity contribution in [3.63, 3.8) is 0 Å². The monoisotopic (exact) mass is 263 g/mol. The van der Waals surface area contributed by atoms with Crippen LogP contribution in [0, 0.1) is 13.8 Å². The molecule has 0 saturated heterocycles. The largest absolute Gasteiger partial charge is 0.476 e. The van der Waals surface area contributed by atoms with E-state index in [0.717, 1.165) is 11.3 Å². The normalized spacial score (nSPS) is 10.3. The average Bonchev–Trinajstić information content (AvgIpc) is 2.70. The maximum absolute atomic E-state index is 10.9. The lowest BCUT2D eigenvalue weighted by Crippen LogP contribution is -2.02. The molecule has 18 heavy (non-hydrogen) atoms. The molecular weight excluding hydrogens is 250 g/mol. The molecule has 0 radical (unpaired) electrons. The number of carboxylic acid groups (broad SMARTS) is 1. The van der Waals surface area contributed by atoms with Crippen LogP contribution in [-0.4, -0.2) is 21.0 Å². The lowest BCUT2D eigenvalue weighted by molar-refractivity contribution is 0.0690. The average molecular weight is 263 g/mol. The van der Waals surface area contributed by atoms with Crippen LogP contribution < -0.4 is 5.32 Å². The second kappa shape index (κ2) is 5.14. The highest BCUT2D eigenvalue weighted by molar-refractivity contribution is 7.15. The minimum Gasteiger partial charge on any atom is -0.476 e. The van der Waals surface area contributed by atoms with Gasteiger partial charge in [-0.05, 0) is 25.5 Å². The van der Waals surface area contributed by atoms with Crippen LogP contribution in [0.2, 0.25) is 0 Å². The van der Waals surface area contributed by atoms with Crippen LogP contribution in [0.1, 0.15) is 26.6 Å². The van der Waals surface area contributed by atoms with E-state index in [4.69, 9.17) is 5.11 Å². The highest BCUT2D eigenvalue weighted by atomic mass is 32.1. The SMILES string of the molecule is Cc1ccc(CNc2nc(C(=O)O)c(C)s2)cn1. The van der Waals surface area contributed by atoms with Crippen LogP contribution in [0.3, 0.4) is 0 Å². The van der Waals surface area contributed by atoms with Crippen LogP contribution in [0.25, 0.3) is 0 Å². The summed E-state index contributed by atoms with van der Waals surface area (Å²) in [5, 5.41) is 12.6. The number of hydrogen-bond acceptors (Lipinski definition) is 5. The van der Waals surface area contributed by atoms with Crippen molar-refractivity contribution in [3.8, 4) is 0 Å². The van der Waals surface area contributed by atoms with Gasteiger partial charge >= 0.3 is 5.97 Å². The second-order valence-corrected chi connectivity index (χ2v) is 5.09. The molecule has 2 aromatic heterocycles. The van der Waals surface area contributed by atoms with Crippen molar-refractivity contribution in [2.75, 3.05) is 5.32 Å². The molecule has 0 amide bonds. The Balaban J connectivity index is 2.04. The Hall–Kier alpha value is -1.95. The molecule has 2 N–H and O–H groups in total. The van der Waals surface area contributed by atoms with E-state index in [-0.39, 0.29) is 5.69 Å². The Labute approximate surface area is 109 Å². The van der Waals surface area contributed by atoms with Gasteiger partial charge in [0.2, 0.25) is 0 Å². The van der Waals surface area contributed by atoms with Crippen molar-refractivity contribution in [2.45, 2.75) is 20.4 Å². The standard InChI is InChI=1S/C12H13N3O2S/c1-7-3-4-9(5-13-7)6-14-12-15-10(11(16)17)8(2)18-12/h3-5H,6H2,1-2H3,(H,14,15)(H,16,17). The zero-order valence-corrected chi connectivity index (χ0v) is 10.9. The molecule has 94 valence electrons. The van der Waals surface area contributed by atoms with Gasteiger partial charge in [0.05, 0.1) is 0 Å². The molecular formula is C12H13N3O2S. The second-order valence-electron chi connectivity index (χ2n) is 3.89. The van der Waals surface area contributed by atoms with Crippen molar-refractivity contribution < 1.29 is 9.90 Å². The lowest BCUT2D eigenvalue weighted by Gasteiger charge is -2.02. The Morgan fingerprint density at radius 2 is 2.22 bits per heavy atom. The minimum absolute atomic E-state index is 0.115. The summed E-state index contributed by atoms with van der Waals surface area (Å²) < 4.78 is 0. The first-order valence-electron chi connectivity index (χ1n) is 5.42. The van der Waals surface area contributed by atoms with Crippen LogP contribution in [0.15, 0.2) is 18.3 Å². The maximum atomic E-state index is 10.9. The molecule has 0 saturated carbocycles. The van der Waals surface area contributed by atoms with Gasteiger partial charge in [0.15, 0.2) is 10.8 Å². The highest BCUT2D eigenvalue weighted by Crippen LogP contribution is 2.22. The highest BCUT2D eigenvalue weighted by Gasteiger charge is 2.13. The molecule has 0 aliphatic heterocycles. The lowest BCUT2D eigenvalue weighted by atomic mass is 10.2. The number of pyridine rings is 1. The van der Waals surface area contributed by atoms with Crippen molar-refractivity contribution >= 4 is 22.4 Å². The Morgan fingerprint density at radius 1 is 1.44 bits per heavy atom. The summed E-state index contributed by atoms with van der Waals surface area (Å²) in [4.78, 5) is 19.8. The van der Waals surface area contributed by atoms with Gasteiger partial charge in [-0.2, -0.15) is 0 Å². The molecule has 0 spiro atoms. The molecule has 2 heterocycles. The number of aromatic carboxylic acids is 1. The van der Waals surface area contributed by atoms with Gasteiger partial charge in [0.1, 0.15) is 0 Å². The fourth-order valence-electron chi connectivity index (χ4n) is 1.45. The minimum atomic E-state index is -0.992. The summed E-state index contributed by atoms with van der Waals surface area (Å²) in [6.45, 7) is 4.26. The molecule has 0 aliphatic carbocycles. The van der Waals surface area contributed by atoms with Crippen molar-refractivity contribution in [1.29, 1.82) is 0 Å². The fourth-order valence-corrected chi connectivity index (χ4v) is 2.25. The topological polar surface area (TPSA) is 75.1 Å². The first-order chi connectivity index (χ1) is 8.56. The number of carboxylic acids is 1. The van der Waals surface area contributed by atoms with E-state index in [1.807, 2.05) is 19.1 Å². The van der Waals surface area contributed by atoms with E-state index in [0.29, 0.717) is 16.6 Å². The number of anilines is 1. The number of aryl methyl sites for hydroxylation is 2. The van der Waals surface area contributed by atoms with Crippen LogP contribution in [-0.2, 0) is 6.54 Å². The van der Waals surface area contributed by atoms with Gasteiger partial charge in [-0.1, -0.05) is 6.07 Å². The third kappa shape index (κ3) is 2.84. The number of thiazole rings is 1. The molecule has 0 bridgehead atoms. The van der Waals surface area contributed by atoms with Crippen molar-refractivity contribution in [2.24, 2.45) is 0 Å². The summed E-state index contributed by atoms with van der Waals surface area (Å²) in [5.74, 6) is -0.992. The number of rotatable bonds is 4. The molecule has 0 atom stereocenters. The van der Waals surface area contributed by atoms with Crippen LogP contribution in [0.4, 0.5) is 5.13 Å². The van der Waals surface area contributed by atoms with E-state index in [9.17, 15) is 4.79 Å². The summed E-state index contributed by atoms with van der Waals surface area (Å²) in [6.07, 6.45) is 1.79. The first-order valence-corrected chi connectivity index (χ1v) is 6.24. The third-order valence-electron chi connectivity index (χ3n) is 2.42. The van der Waals surface area contributed by atoms with Gasteiger partial charge in [0, 0.05) is 23.3 Å². The maximum Gasteiger partial charge on any atom is 0.355 e. The zero-order chi connectivity index (χ0) is 13.1. The first kappa shape index (κ1) is 12.5. The molecule has 2 rings (SSSR count). The third-order valence-corrected chi connectivity index (χ3v) is 3.34. The van der Waals surface area contributed by atoms with Gasteiger partial charge in [-0.3, -0.25) is 4.98 Å². The van der Waals surface area contributed by atoms with Crippen LogP contribution >= 0.6 is 11.3 Å². The summed E-state index contributed by atoms with van der Waals surface area (Å²) in [5.41, 5.74) is 2.12. The van der Waals surface area contributed by atoms with E-state index < -0.39 is 5.97 Å². The van der Waals surface area contributed by atoms with E-state index in [1.165, 1.54) is 11.3 Å². The number of aromatic nitrogens is 2. The van der Waals surface area contributed by atoms with Gasteiger partial charge in [0.25, 0.3) is 0 Å². The quantitative estimate of drug-likeness (QED) is 0.886. The molecule has 5 nitrogen and oxygen atoms in total. The number of hydrogen-bond donors (Lipinski definition) is 2. The Kier molecular flexibility index (Phi) is 3.57. The van der Waals surface area contributed by atoms with Crippen molar-refractivity contribution in [3.05, 3.63) is 40.2 Å². The summed E-state index contributed by atoms with van der Waals surface area (Å²) in [6, 6.07) is 3.92. The molecule has 6 heteroatoms. The van der Waals surface area contributed by atoms with Crippen LogP contribution in [0.5, 0.6) is 0 Å².